The van der Waals surface area contributed by atoms with Crippen molar-refractivity contribution in [3.8, 4) is 44.5 Å². The van der Waals surface area contributed by atoms with E-state index >= 15 is 0 Å². The zero-order valence-corrected chi connectivity index (χ0v) is 33.5. The largest absolute Gasteiger partial charge is 0.455 e. The summed E-state index contributed by atoms with van der Waals surface area (Å²) in [6.45, 7) is 4.76. The number of benzene rings is 10. The number of furan rings is 1. The van der Waals surface area contributed by atoms with E-state index in [9.17, 15) is 0 Å². The standard InChI is InChI=1S/C57H36OS/c1-57(2)47-27-22-37(53-41-16-8-6-14-39(41)52(33-12-4-3-5-13-33)40-15-7-9-17-42(40)53)31-45(47)38-25-21-36(32-48(38)57)35-23-28-49-46(30-35)43-26-20-34-24-29-51-55(54(34)56(43)58-49)44-18-10-11-19-50(44)59-51/h3-32H,1-2H3. The van der Waals surface area contributed by atoms with Gasteiger partial charge in [0, 0.05) is 41.7 Å². The van der Waals surface area contributed by atoms with Crippen LogP contribution in [0.4, 0.5) is 0 Å². The molecule has 0 radical (unpaired) electrons. The Labute approximate surface area is 345 Å². The number of hydrogen-bond donors (Lipinski definition) is 0. The first kappa shape index (κ1) is 33.0. The van der Waals surface area contributed by atoms with Crippen molar-refractivity contribution >= 4 is 85.8 Å². The maximum absolute atomic E-state index is 6.77. The van der Waals surface area contributed by atoms with E-state index in [0.29, 0.717) is 0 Å². The topological polar surface area (TPSA) is 13.1 Å². The molecule has 0 aliphatic heterocycles. The van der Waals surface area contributed by atoms with Crippen molar-refractivity contribution in [2.75, 3.05) is 0 Å². The highest BCUT2D eigenvalue weighted by Crippen LogP contribution is 2.52. The summed E-state index contributed by atoms with van der Waals surface area (Å²) in [5.74, 6) is 0. The summed E-state index contributed by atoms with van der Waals surface area (Å²) >= 11 is 1.85. The van der Waals surface area contributed by atoms with Crippen LogP contribution in [0.5, 0.6) is 0 Å². The summed E-state index contributed by atoms with van der Waals surface area (Å²) < 4.78 is 9.37. The van der Waals surface area contributed by atoms with E-state index in [1.807, 2.05) is 11.3 Å². The molecule has 0 N–H and O–H groups in total. The van der Waals surface area contributed by atoms with Crippen LogP contribution >= 0.6 is 11.3 Å². The maximum atomic E-state index is 6.77. The smallest absolute Gasteiger partial charge is 0.143 e. The van der Waals surface area contributed by atoms with Gasteiger partial charge in [0.2, 0.25) is 0 Å². The molecule has 0 fully saturated rings. The predicted octanol–water partition coefficient (Wildman–Crippen LogP) is 16.7. The number of hydrogen-bond acceptors (Lipinski definition) is 2. The summed E-state index contributed by atoms with van der Waals surface area (Å²) in [4.78, 5) is 0. The van der Waals surface area contributed by atoms with E-state index in [4.69, 9.17) is 4.42 Å². The van der Waals surface area contributed by atoms with Crippen molar-refractivity contribution in [2.24, 2.45) is 0 Å². The Hall–Kier alpha value is -7.00. The molecule has 12 aromatic rings. The van der Waals surface area contributed by atoms with Gasteiger partial charge in [-0.2, -0.15) is 0 Å². The molecule has 2 heteroatoms. The Morgan fingerprint density at radius 2 is 1.02 bits per heavy atom. The van der Waals surface area contributed by atoms with Crippen molar-refractivity contribution in [3.05, 3.63) is 193 Å². The van der Waals surface area contributed by atoms with Crippen LogP contribution in [-0.2, 0) is 5.41 Å². The van der Waals surface area contributed by atoms with Crippen molar-refractivity contribution in [1.82, 2.24) is 0 Å². The third-order valence-corrected chi connectivity index (χ3v) is 14.4. The molecule has 0 saturated heterocycles. The van der Waals surface area contributed by atoms with Crippen LogP contribution in [0.2, 0.25) is 0 Å². The first-order chi connectivity index (χ1) is 29.0. The molecule has 13 rings (SSSR count). The minimum absolute atomic E-state index is 0.152. The molecule has 0 atom stereocenters. The van der Waals surface area contributed by atoms with Crippen LogP contribution in [0.1, 0.15) is 25.0 Å². The number of rotatable bonds is 3. The Morgan fingerprint density at radius 3 is 1.78 bits per heavy atom. The molecule has 10 aromatic carbocycles. The fraction of sp³-hybridized carbons (Fsp3) is 0.0526. The maximum Gasteiger partial charge on any atom is 0.143 e. The summed E-state index contributed by atoms with van der Waals surface area (Å²) in [5, 5.41) is 12.4. The highest BCUT2D eigenvalue weighted by molar-refractivity contribution is 7.26. The van der Waals surface area contributed by atoms with E-state index in [1.54, 1.807) is 0 Å². The third kappa shape index (κ3) is 4.61. The van der Waals surface area contributed by atoms with Gasteiger partial charge in [-0.05, 0) is 125 Å². The van der Waals surface area contributed by atoms with Crippen molar-refractivity contribution < 1.29 is 4.42 Å². The minimum Gasteiger partial charge on any atom is -0.455 e. The van der Waals surface area contributed by atoms with Gasteiger partial charge < -0.3 is 4.42 Å². The Morgan fingerprint density at radius 1 is 0.390 bits per heavy atom. The van der Waals surface area contributed by atoms with E-state index in [-0.39, 0.29) is 5.41 Å². The molecule has 1 nitrogen and oxygen atoms in total. The van der Waals surface area contributed by atoms with Gasteiger partial charge in [-0.3, -0.25) is 0 Å². The molecular weight excluding hydrogens is 733 g/mol. The van der Waals surface area contributed by atoms with Crippen LogP contribution in [0.25, 0.3) is 119 Å². The molecule has 0 unspecified atom stereocenters. The number of fused-ring (bicyclic) bond motifs is 14. The van der Waals surface area contributed by atoms with Crippen LogP contribution in [0, 0.1) is 0 Å². The second-order valence-corrected chi connectivity index (χ2v) is 17.8. The predicted molar refractivity (Wildman–Crippen MR) is 253 cm³/mol. The SMILES string of the molecule is CC1(C)c2ccc(-c3c4ccccc4c(-c4ccccc4)c4ccccc34)cc2-c2ccc(-c3ccc4oc5c(ccc6ccc7sc8ccccc8c7c65)c4c3)cc21. The first-order valence-corrected chi connectivity index (χ1v) is 21.3. The Bertz CT molecular complexity index is 3690. The molecule has 0 amide bonds. The van der Waals surface area contributed by atoms with Gasteiger partial charge in [0.1, 0.15) is 11.2 Å². The molecule has 59 heavy (non-hydrogen) atoms. The molecule has 1 aliphatic carbocycles. The molecule has 276 valence electrons. The monoisotopic (exact) mass is 768 g/mol. The van der Waals surface area contributed by atoms with Crippen LogP contribution in [-0.4, -0.2) is 0 Å². The highest BCUT2D eigenvalue weighted by atomic mass is 32.1. The van der Waals surface area contributed by atoms with Crippen LogP contribution < -0.4 is 0 Å². The van der Waals surface area contributed by atoms with Crippen LogP contribution in [0.3, 0.4) is 0 Å². The Kier molecular flexibility index (Phi) is 6.73. The average Bonchev–Trinajstić information content (AvgIpc) is 3.92. The van der Waals surface area contributed by atoms with Crippen molar-refractivity contribution in [2.45, 2.75) is 19.3 Å². The van der Waals surface area contributed by atoms with E-state index < -0.39 is 0 Å². The van der Waals surface area contributed by atoms with E-state index in [1.165, 1.54) is 108 Å². The lowest BCUT2D eigenvalue weighted by atomic mass is 9.81. The van der Waals surface area contributed by atoms with Gasteiger partial charge in [0.25, 0.3) is 0 Å². The van der Waals surface area contributed by atoms with E-state index in [2.05, 4.69) is 196 Å². The first-order valence-electron chi connectivity index (χ1n) is 20.5. The molecule has 2 aromatic heterocycles. The van der Waals surface area contributed by atoms with Gasteiger partial charge in [-0.25, -0.2) is 0 Å². The highest BCUT2D eigenvalue weighted by Gasteiger charge is 2.36. The third-order valence-electron chi connectivity index (χ3n) is 13.3. The average molecular weight is 769 g/mol. The zero-order valence-electron chi connectivity index (χ0n) is 32.6. The lowest BCUT2D eigenvalue weighted by molar-refractivity contribution is 0.660. The molecule has 0 spiro atoms. The number of thiophene rings is 1. The zero-order chi connectivity index (χ0) is 39.0. The van der Waals surface area contributed by atoms with Gasteiger partial charge >= 0.3 is 0 Å². The minimum atomic E-state index is -0.152. The summed E-state index contributed by atoms with van der Waals surface area (Å²) in [5.41, 5.74) is 14.6. The molecule has 2 heterocycles. The second kappa shape index (κ2) is 12.0. The van der Waals surface area contributed by atoms with Crippen molar-refractivity contribution in [3.63, 3.8) is 0 Å². The van der Waals surface area contributed by atoms with Gasteiger partial charge in [-0.15, -0.1) is 11.3 Å². The summed E-state index contributed by atoms with van der Waals surface area (Å²) in [6.07, 6.45) is 0. The molecule has 0 bridgehead atoms. The Balaban J connectivity index is 0.956. The fourth-order valence-corrected chi connectivity index (χ4v) is 11.6. The lowest BCUT2D eigenvalue weighted by Crippen LogP contribution is -2.15. The van der Waals surface area contributed by atoms with Gasteiger partial charge in [-0.1, -0.05) is 153 Å². The lowest BCUT2D eigenvalue weighted by Gasteiger charge is -2.22. The second-order valence-electron chi connectivity index (χ2n) is 16.7. The van der Waals surface area contributed by atoms with E-state index in [0.717, 1.165) is 21.9 Å². The summed E-state index contributed by atoms with van der Waals surface area (Å²) in [6, 6.07) is 67.5. The summed E-state index contributed by atoms with van der Waals surface area (Å²) in [7, 11) is 0. The quantitative estimate of drug-likeness (QED) is 0.163. The molecule has 1 aliphatic rings. The normalized spacial score (nSPS) is 13.4. The van der Waals surface area contributed by atoms with Gasteiger partial charge in [0.05, 0.1) is 0 Å². The molecule has 0 saturated carbocycles. The van der Waals surface area contributed by atoms with Crippen LogP contribution in [0.15, 0.2) is 186 Å². The van der Waals surface area contributed by atoms with Crippen molar-refractivity contribution in [1.29, 1.82) is 0 Å². The van der Waals surface area contributed by atoms with Gasteiger partial charge in [0.15, 0.2) is 0 Å². The molecular formula is C57H36OS. The fourth-order valence-electron chi connectivity index (χ4n) is 10.5.